The van der Waals surface area contributed by atoms with E-state index in [-0.39, 0.29) is 18.3 Å². The van der Waals surface area contributed by atoms with Crippen LogP contribution in [0, 0.1) is 5.82 Å². The summed E-state index contributed by atoms with van der Waals surface area (Å²) in [6.45, 7) is 0.241. The molecule has 3 rings (SSSR count). The maximum absolute atomic E-state index is 13.0. The van der Waals surface area contributed by atoms with Gasteiger partial charge in [-0.15, -0.1) is 0 Å². The quantitative estimate of drug-likeness (QED) is 0.469. The summed E-state index contributed by atoms with van der Waals surface area (Å²) in [4.78, 5) is 13.2. The van der Waals surface area contributed by atoms with Crippen LogP contribution in [-0.2, 0) is 17.9 Å². The average molecular weight is 482 g/mol. The molecule has 4 nitrogen and oxygen atoms in total. The molecule has 0 aliphatic rings. The van der Waals surface area contributed by atoms with Crippen LogP contribution in [0.15, 0.2) is 76.1 Å². The highest BCUT2D eigenvalue weighted by molar-refractivity contribution is 9.10. The van der Waals surface area contributed by atoms with E-state index in [0.29, 0.717) is 25.6 Å². The lowest BCUT2D eigenvalue weighted by Crippen LogP contribution is -2.25. The summed E-state index contributed by atoms with van der Waals surface area (Å²) in [6.07, 6.45) is 0. The lowest BCUT2D eigenvalue weighted by molar-refractivity contribution is 0.0951. The average Bonchev–Trinajstić information content (AvgIpc) is 2.69. The first-order chi connectivity index (χ1) is 13.4. The van der Waals surface area contributed by atoms with Gasteiger partial charge in [-0.1, -0.05) is 39.7 Å². The fraction of sp³-hybridized carbons (Fsp3) is 0.0500. The third kappa shape index (κ3) is 5.48. The van der Waals surface area contributed by atoms with Crippen molar-refractivity contribution in [2.45, 2.75) is 11.4 Å². The highest BCUT2D eigenvalue weighted by Gasteiger charge is 2.18. The normalized spacial score (nSPS) is 11.7. The van der Waals surface area contributed by atoms with E-state index >= 15 is 0 Å². The molecule has 0 aromatic heterocycles. The van der Waals surface area contributed by atoms with E-state index in [1.165, 1.54) is 12.1 Å². The van der Waals surface area contributed by atoms with Crippen LogP contribution >= 0.6 is 27.5 Å². The highest BCUT2D eigenvalue weighted by Crippen LogP contribution is 2.25. The van der Waals surface area contributed by atoms with E-state index in [9.17, 15) is 13.7 Å². The van der Waals surface area contributed by atoms with Crippen molar-refractivity contribution in [3.63, 3.8) is 0 Å². The number of halogens is 3. The molecule has 0 saturated carbocycles. The number of hydrogen-bond acceptors (Lipinski definition) is 3. The number of anilines is 1. The van der Waals surface area contributed by atoms with Crippen molar-refractivity contribution in [2.75, 3.05) is 4.72 Å². The molecule has 3 aromatic carbocycles. The maximum atomic E-state index is 13.0. The van der Waals surface area contributed by atoms with Gasteiger partial charge >= 0.3 is 0 Å². The molecule has 0 heterocycles. The van der Waals surface area contributed by atoms with Crippen LogP contribution in [0.5, 0.6) is 0 Å². The molecule has 28 heavy (non-hydrogen) atoms. The smallest absolute Gasteiger partial charge is 0.253 e. The summed E-state index contributed by atoms with van der Waals surface area (Å²) in [5, 5.41) is 3.33. The van der Waals surface area contributed by atoms with Gasteiger partial charge in [-0.2, -0.15) is 0 Å². The van der Waals surface area contributed by atoms with Crippen LogP contribution in [-0.4, -0.2) is 10.5 Å². The third-order valence-corrected chi connectivity index (χ3v) is 5.67. The molecule has 0 radical (unpaired) electrons. The minimum atomic E-state index is -1.56. The number of carbonyl (C=O) groups is 1. The van der Waals surface area contributed by atoms with Crippen molar-refractivity contribution in [3.8, 4) is 0 Å². The predicted octanol–water partition coefficient (Wildman–Crippen LogP) is 5.31. The van der Waals surface area contributed by atoms with Crippen molar-refractivity contribution < 1.29 is 13.7 Å². The maximum Gasteiger partial charge on any atom is 0.253 e. The number of carbonyl (C=O) groups excluding carboxylic acids is 1. The lowest BCUT2D eigenvalue weighted by atomic mass is 10.1. The van der Waals surface area contributed by atoms with Crippen molar-refractivity contribution in [2.24, 2.45) is 0 Å². The van der Waals surface area contributed by atoms with Gasteiger partial charge in [0.05, 0.1) is 11.3 Å². The second kappa shape index (κ2) is 9.43. The van der Waals surface area contributed by atoms with Crippen molar-refractivity contribution in [3.05, 3.63) is 93.2 Å². The van der Waals surface area contributed by atoms with Crippen molar-refractivity contribution in [1.82, 2.24) is 5.32 Å². The van der Waals surface area contributed by atoms with E-state index in [1.54, 1.807) is 54.6 Å². The minimum Gasteiger partial charge on any atom is -0.588 e. The predicted molar refractivity (Wildman–Crippen MR) is 113 cm³/mol. The van der Waals surface area contributed by atoms with Gasteiger partial charge in [-0.05, 0) is 60.2 Å². The zero-order valence-corrected chi connectivity index (χ0v) is 17.6. The van der Waals surface area contributed by atoms with Gasteiger partial charge in [-0.3, -0.25) is 4.79 Å². The van der Waals surface area contributed by atoms with Gasteiger partial charge < -0.3 is 9.87 Å². The van der Waals surface area contributed by atoms with E-state index in [4.69, 9.17) is 11.6 Å². The standard InChI is InChI=1S/C20H15BrClFN2O2S/c21-14-3-10-19(25-28(27)17-8-4-15(22)5-9-17)18(11-14)20(26)24-12-13-1-6-16(23)7-2-13/h1-11,25H,12H2,(H,24,26). The van der Waals surface area contributed by atoms with Gasteiger partial charge in [0.25, 0.3) is 5.91 Å². The zero-order chi connectivity index (χ0) is 20.1. The monoisotopic (exact) mass is 480 g/mol. The second-order valence-electron chi connectivity index (χ2n) is 5.82. The van der Waals surface area contributed by atoms with Crippen LogP contribution < -0.4 is 10.0 Å². The fourth-order valence-electron chi connectivity index (χ4n) is 2.39. The Hall–Kier alpha value is -2.06. The Kier molecular flexibility index (Phi) is 6.96. The Labute approximate surface area is 178 Å². The molecule has 144 valence electrons. The van der Waals surface area contributed by atoms with Gasteiger partial charge in [0.1, 0.15) is 17.2 Å². The van der Waals surface area contributed by atoms with Crippen LogP contribution in [0.4, 0.5) is 10.1 Å². The summed E-state index contributed by atoms with van der Waals surface area (Å²) in [5.41, 5.74) is 1.52. The molecule has 2 N–H and O–H groups in total. The fourth-order valence-corrected chi connectivity index (χ4v) is 3.76. The molecular weight excluding hydrogens is 467 g/mol. The Balaban J connectivity index is 1.74. The van der Waals surface area contributed by atoms with E-state index < -0.39 is 11.4 Å². The molecule has 0 bridgehead atoms. The largest absolute Gasteiger partial charge is 0.588 e. The van der Waals surface area contributed by atoms with Gasteiger partial charge in [-0.25, -0.2) is 9.11 Å². The molecule has 0 spiro atoms. The highest BCUT2D eigenvalue weighted by atomic mass is 79.9. The first-order valence-corrected chi connectivity index (χ1v) is 10.5. The first kappa shape index (κ1) is 20.7. The number of rotatable bonds is 6. The molecule has 0 aliphatic heterocycles. The van der Waals surface area contributed by atoms with Gasteiger partial charge in [0.2, 0.25) is 0 Å². The van der Waals surface area contributed by atoms with Crippen LogP contribution in [0.1, 0.15) is 15.9 Å². The van der Waals surface area contributed by atoms with Crippen molar-refractivity contribution >= 4 is 50.5 Å². The number of hydrogen-bond donors (Lipinski definition) is 2. The van der Waals surface area contributed by atoms with Gasteiger partial charge in [0, 0.05) is 16.0 Å². The summed E-state index contributed by atoms with van der Waals surface area (Å²) in [5.74, 6) is -0.681. The number of amides is 1. The van der Waals surface area contributed by atoms with Crippen molar-refractivity contribution in [1.29, 1.82) is 0 Å². The molecule has 1 amide bonds. The number of nitrogens with one attached hydrogen (secondary N) is 2. The summed E-state index contributed by atoms with van der Waals surface area (Å²) < 4.78 is 29.1. The third-order valence-electron chi connectivity index (χ3n) is 3.82. The molecule has 0 saturated heterocycles. The Bertz CT molecular complexity index is 971. The molecule has 3 aromatic rings. The van der Waals surface area contributed by atoms with Crippen LogP contribution in [0.3, 0.4) is 0 Å². The molecule has 8 heteroatoms. The lowest BCUT2D eigenvalue weighted by Gasteiger charge is -2.15. The van der Waals surface area contributed by atoms with Crippen LogP contribution in [0.2, 0.25) is 5.02 Å². The zero-order valence-electron chi connectivity index (χ0n) is 14.4. The van der Waals surface area contributed by atoms with E-state index in [0.717, 1.165) is 5.56 Å². The summed E-state index contributed by atoms with van der Waals surface area (Å²) in [7, 11) is 0. The Morgan fingerprint density at radius 1 is 1.07 bits per heavy atom. The molecule has 1 unspecified atom stereocenters. The molecule has 0 fully saturated rings. The van der Waals surface area contributed by atoms with Gasteiger partial charge in [0.15, 0.2) is 4.90 Å². The van der Waals surface area contributed by atoms with E-state index in [2.05, 4.69) is 26.0 Å². The molecule has 0 aliphatic carbocycles. The van der Waals surface area contributed by atoms with E-state index in [1.807, 2.05) is 0 Å². The number of benzene rings is 3. The molecule has 1 atom stereocenters. The Morgan fingerprint density at radius 3 is 2.43 bits per heavy atom. The Morgan fingerprint density at radius 2 is 1.75 bits per heavy atom. The summed E-state index contributed by atoms with van der Waals surface area (Å²) in [6, 6.07) is 17.5. The molecular formula is C20H15BrClFN2O2S. The topological polar surface area (TPSA) is 64.2 Å². The first-order valence-electron chi connectivity index (χ1n) is 8.18. The minimum absolute atomic E-state index is 0.241. The SMILES string of the molecule is O=C(NCc1ccc(F)cc1)c1cc(Br)ccc1N[S+]([O-])c1ccc(Cl)cc1. The summed E-state index contributed by atoms with van der Waals surface area (Å²) >= 11 is 7.64. The second-order valence-corrected chi connectivity index (χ2v) is 8.39. The van der Waals surface area contributed by atoms with Crippen LogP contribution in [0.25, 0.3) is 0 Å².